The van der Waals surface area contributed by atoms with E-state index in [2.05, 4.69) is 4.98 Å². The Labute approximate surface area is 159 Å². The van der Waals surface area contributed by atoms with E-state index in [4.69, 9.17) is 37.6 Å². The van der Waals surface area contributed by atoms with Gasteiger partial charge in [-0.15, -0.1) is 0 Å². The second-order valence-electron chi connectivity index (χ2n) is 5.36. The minimum absolute atomic E-state index is 0.0803. The Bertz CT molecular complexity index is 975. The van der Waals surface area contributed by atoms with Crippen LogP contribution < -0.4 is 4.74 Å². The number of nitrogens with zero attached hydrogens (tertiary/aromatic N) is 2. The third-order valence-electron chi connectivity index (χ3n) is 3.51. The van der Waals surface area contributed by atoms with E-state index in [0.29, 0.717) is 28.7 Å². The second kappa shape index (κ2) is 8.05. The summed E-state index contributed by atoms with van der Waals surface area (Å²) in [6.07, 6.45) is 1.97. The highest BCUT2D eigenvalue weighted by Gasteiger charge is 2.12. The first-order valence-corrected chi connectivity index (χ1v) is 8.42. The van der Waals surface area contributed by atoms with Gasteiger partial charge in [0.1, 0.15) is 5.75 Å². The van der Waals surface area contributed by atoms with E-state index in [1.165, 1.54) is 18.2 Å². The van der Waals surface area contributed by atoms with Gasteiger partial charge in [0.15, 0.2) is 11.7 Å². The second-order valence-corrected chi connectivity index (χ2v) is 6.20. The van der Waals surface area contributed by atoms with Crippen LogP contribution in [0.1, 0.15) is 17.9 Å². The van der Waals surface area contributed by atoms with Gasteiger partial charge in [-0.05, 0) is 42.5 Å². The molecule has 0 aliphatic carbocycles. The van der Waals surface area contributed by atoms with E-state index in [9.17, 15) is 4.79 Å². The first-order valence-electron chi connectivity index (χ1n) is 7.66. The number of oxazole rings is 1. The summed E-state index contributed by atoms with van der Waals surface area (Å²) >= 11 is 11.8. The van der Waals surface area contributed by atoms with Gasteiger partial charge in [0.25, 0.3) is 0 Å². The molecule has 0 N–H and O–H groups in total. The molecular weight excluding hydrogens is 375 g/mol. The smallest absolute Gasteiger partial charge is 0.311 e. The van der Waals surface area contributed by atoms with Crippen molar-refractivity contribution in [2.45, 2.75) is 12.8 Å². The van der Waals surface area contributed by atoms with Gasteiger partial charge < -0.3 is 9.15 Å². The van der Waals surface area contributed by atoms with Crippen molar-refractivity contribution < 1.29 is 13.9 Å². The van der Waals surface area contributed by atoms with Crippen molar-refractivity contribution in [3.63, 3.8) is 0 Å². The van der Waals surface area contributed by atoms with Crippen molar-refractivity contribution >= 4 is 29.2 Å². The van der Waals surface area contributed by atoms with Gasteiger partial charge in [-0.25, -0.2) is 4.98 Å². The lowest BCUT2D eigenvalue weighted by Gasteiger charge is -2.05. The average Bonchev–Trinajstić information content (AvgIpc) is 3.11. The molecule has 5 nitrogen and oxygen atoms in total. The molecule has 26 heavy (non-hydrogen) atoms. The van der Waals surface area contributed by atoms with Crippen molar-refractivity contribution in [1.82, 2.24) is 4.98 Å². The summed E-state index contributed by atoms with van der Waals surface area (Å²) < 4.78 is 10.8. The fourth-order valence-corrected chi connectivity index (χ4v) is 2.55. The molecule has 1 aromatic heterocycles. The number of ether oxygens (including phenoxy) is 1. The number of carbonyl (C=O) groups is 1. The van der Waals surface area contributed by atoms with Crippen molar-refractivity contribution in [3.8, 4) is 23.1 Å². The number of carbonyl (C=O) groups excluding carboxylic acids is 1. The molecule has 1 heterocycles. The first-order chi connectivity index (χ1) is 12.5. The zero-order chi connectivity index (χ0) is 18.5. The van der Waals surface area contributed by atoms with Crippen LogP contribution in [-0.2, 0) is 11.2 Å². The van der Waals surface area contributed by atoms with Crippen LogP contribution in [-0.4, -0.2) is 11.0 Å². The zero-order valence-corrected chi connectivity index (χ0v) is 14.9. The molecule has 0 radical (unpaired) electrons. The molecule has 2 aromatic carbocycles. The number of benzene rings is 2. The van der Waals surface area contributed by atoms with Crippen LogP contribution in [0.2, 0.25) is 10.0 Å². The first kappa shape index (κ1) is 18.0. The number of rotatable bonds is 5. The highest BCUT2D eigenvalue weighted by molar-refractivity contribution is 6.32. The summed E-state index contributed by atoms with van der Waals surface area (Å²) in [7, 11) is 0. The van der Waals surface area contributed by atoms with Gasteiger partial charge in [-0.2, -0.15) is 5.26 Å². The maximum absolute atomic E-state index is 12.0. The topological polar surface area (TPSA) is 76.1 Å². The lowest BCUT2D eigenvalue weighted by atomic mass is 10.2. The summed E-state index contributed by atoms with van der Waals surface area (Å²) in [5.74, 6) is 0.769. The van der Waals surface area contributed by atoms with Crippen LogP contribution >= 0.6 is 23.2 Å². The van der Waals surface area contributed by atoms with Gasteiger partial charge in [0.2, 0.25) is 0 Å². The zero-order valence-electron chi connectivity index (χ0n) is 13.4. The van der Waals surface area contributed by atoms with E-state index in [1.807, 2.05) is 18.2 Å². The summed E-state index contributed by atoms with van der Waals surface area (Å²) in [6, 6.07) is 13.6. The van der Waals surface area contributed by atoms with Crippen LogP contribution in [0.15, 0.2) is 53.1 Å². The molecule has 0 amide bonds. The number of aryl methyl sites for hydroxylation is 1. The van der Waals surface area contributed by atoms with Crippen LogP contribution in [0.3, 0.4) is 0 Å². The number of halogens is 2. The summed E-state index contributed by atoms with van der Waals surface area (Å²) in [4.78, 5) is 16.1. The van der Waals surface area contributed by atoms with Gasteiger partial charge in [-0.3, -0.25) is 4.79 Å². The fraction of sp³-hybridized carbons (Fsp3) is 0.105. The Hall–Kier alpha value is -2.81. The number of esters is 1. The molecule has 130 valence electrons. The molecule has 3 rings (SSSR count). The molecule has 0 spiro atoms. The monoisotopic (exact) mass is 386 g/mol. The van der Waals surface area contributed by atoms with Gasteiger partial charge in [0.05, 0.1) is 29.3 Å². The van der Waals surface area contributed by atoms with Crippen LogP contribution in [0.25, 0.3) is 11.3 Å². The predicted molar refractivity (Wildman–Crippen MR) is 97.1 cm³/mol. The van der Waals surface area contributed by atoms with E-state index < -0.39 is 5.97 Å². The van der Waals surface area contributed by atoms with Gasteiger partial charge >= 0.3 is 5.97 Å². The van der Waals surface area contributed by atoms with E-state index >= 15 is 0 Å². The molecule has 0 bridgehead atoms. The number of hydrogen-bond acceptors (Lipinski definition) is 5. The Morgan fingerprint density at radius 3 is 2.65 bits per heavy atom. The normalized spacial score (nSPS) is 10.3. The third kappa shape index (κ3) is 4.42. The molecule has 0 aliphatic rings. The Balaban J connectivity index is 1.58. The molecule has 3 aromatic rings. The van der Waals surface area contributed by atoms with Crippen molar-refractivity contribution in [2.75, 3.05) is 0 Å². The molecule has 0 atom stereocenters. The standard InChI is InChI=1S/C19H12Cl2N2O3/c20-14-4-2-13(3-5-14)17-11-23-18(25-17)7-8-19(24)26-16-6-1-12(10-22)9-15(16)21/h1-6,9,11H,7-8H2. The van der Waals surface area contributed by atoms with Gasteiger partial charge in [0, 0.05) is 17.0 Å². The summed E-state index contributed by atoms with van der Waals surface area (Å²) in [5, 5.41) is 9.65. The quantitative estimate of drug-likeness (QED) is 0.452. The number of hydrogen-bond donors (Lipinski definition) is 0. The van der Waals surface area contributed by atoms with Crippen LogP contribution in [0.4, 0.5) is 0 Å². The minimum Gasteiger partial charge on any atom is -0.441 e. The molecule has 0 fully saturated rings. The van der Waals surface area contributed by atoms with Crippen LogP contribution in [0, 0.1) is 11.3 Å². The molecule has 0 unspecified atom stereocenters. The van der Waals surface area contributed by atoms with E-state index in [-0.39, 0.29) is 17.2 Å². The molecular formula is C19H12Cl2N2O3. The maximum Gasteiger partial charge on any atom is 0.311 e. The largest absolute Gasteiger partial charge is 0.441 e. The SMILES string of the molecule is N#Cc1ccc(OC(=O)CCc2ncc(-c3ccc(Cl)cc3)o2)c(Cl)c1. The fourth-order valence-electron chi connectivity index (χ4n) is 2.21. The Morgan fingerprint density at radius 2 is 1.96 bits per heavy atom. The highest BCUT2D eigenvalue weighted by atomic mass is 35.5. The number of nitriles is 1. The van der Waals surface area contributed by atoms with Crippen molar-refractivity contribution in [2.24, 2.45) is 0 Å². The number of aromatic nitrogens is 1. The minimum atomic E-state index is -0.470. The molecule has 0 saturated carbocycles. The molecule has 0 aliphatic heterocycles. The summed E-state index contributed by atoms with van der Waals surface area (Å²) in [6.45, 7) is 0. The van der Waals surface area contributed by atoms with Gasteiger partial charge in [-0.1, -0.05) is 23.2 Å². The van der Waals surface area contributed by atoms with Crippen molar-refractivity contribution in [1.29, 1.82) is 5.26 Å². The summed E-state index contributed by atoms with van der Waals surface area (Å²) in [5.41, 5.74) is 1.24. The highest BCUT2D eigenvalue weighted by Crippen LogP contribution is 2.26. The van der Waals surface area contributed by atoms with E-state index in [1.54, 1.807) is 18.3 Å². The average molecular weight is 387 g/mol. The predicted octanol–water partition coefficient (Wildman–Crippen LogP) is 5.06. The lowest BCUT2D eigenvalue weighted by Crippen LogP contribution is -2.09. The maximum atomic E-state index is 12.0. The molecule has 7 heteroatoms. The third-order valence-corrected chi connectivity index (χ3v) is 4.06. The Morgan fingerprint density at radius 1 is 1.19 bits per heavy atom. The van der Waals surface area contributed by atoms with Crippen LogP contribution in [0.5, 0.6) is 5.75 Å². The van der Waals surface area contributed by atoms with E-state index in [0.717, 1.165) is 5.56 Å². The molecule has 0 saturated heterocycles. The van der Waals surface area contributed by atoms with Crippen molar-refractivity contribution in [3.05, 3.63) is 70.2 Å². The lowest BCUT2D eigenvalue weighted by molar-refractivity contribution is -0.134. The Kier molecular flexibility index (Phi) is 5.57.